The molecule has 0 aromatic carbocycles. The first-order valence-electron chi connectivity index (χ1n) is 6.43. The van der Waals surface area contributed by atoms with Gasteiger partial charge in [0, 0.05) is 17.4 Å². The van der Waals surface area contributed by atoms with Gasteiger partial charge in [-0.2, -0.15) is 0 Å². The van der Waals surface area contributed by atoms with Crippen molar-refractivity contribution in [2.45, 2.75) is 0 Å². The minimum Gasteiger partial charge on any atom is -0.480 e. The number of hydrogen-bond acceptors (Lipinski definition) is 5. The summed E-state index contributed by atoms with van der Waals surface area (Å²) >= 11 is 5.83. The number of halogens is 1. The second-order valence-corrected chi connectivity index (χ2v) is 4.94. The minimum absolute atomic E-state index is 0.124. The molecule has 0 saturated heterocycles. The van der Waals surface area contributed by atoms with Gasteiger partial charge < -0.3 is 10.1 Å². The fourth-order valence-corrected chi connectivity index (χ4v) is 2.15. The minimum atomic E-state index is -0.401. The summed E-state index contributed by atoms with van der Waals surface area (Å²) in [5, 5.41) is 3.04. The van der Waals surface area contributed by atoms with Gasteiger partial charge in [-0.15, -0.1) is 0 Å². The van der Waals surface area contributed by atoms with Crippen LogP contribution in [0.4, 0.5) is 11.6 Å². The highest BCUT2D eigenvalue weighted by atomic mass is 35.5. The predicted octanol–water partition coefficient (Wildman–Crippen LogP) is 1.49. The van der Waals surface area contributed by atoms with Crippen molar-refractivity contribution in [1.29, 1.82) is 0 Å². The van der Waals surface area contributed by atoms with E-state index in [0.29, 0.717) is 22.4 Å². The van der Waals surface area contributed by atoms with Gasteiger partial charge in [-0.05, 0) is 24.3 Å². The van der Waals surface area contributed by atoms with Crippen molar-refractivity contribution < 1.29 is 14.3 Å². The van der Waals surface area contributed by atoms with Crippen molar-refractivity contribution in [3.63, 3.8) is 0 Å². The Morgan fingerprint density at radius 3 is 3.05 bits per heavy atom. The van der Waals surface area contributed by atoms with E-state index in [0.717, 1.165) is 0 Å². The number of nitrogens with zero attached hydrogens (tertiary/aromatic N) is 3. The van der Waals surface area contributed by atoms with Crippen molar-refractivity contribution in [2.75, 3.05) is 23.4 Å². The number of fused-ring (bicyclic) bond motifs is 1. The Labute approximate surface area is 130 Å². The average molecular weight is 319 g/mol. The van der Waals surface area contributed by atoms with Crippen LogP contribution in [-0.4, -0.2) is 34.9 Å². The van der Waals surface area contributed by atoms with Gasteiger partial charge in [0.2, 0.25) is 5.91 Å². The van der Waals surface area contributed by atoms with Gasteiger partial charge in [-0.25, -0.2) is 9.97 Å². The van der Waals surface area contributed by atoms with Gasteiger partial charge >= 0.3 is 0 Å². The van der Waals surface area contributed by atoms with Crippen molar-refractivity contribution in [3.05, 3.63) is 41.7 Å². The van der Waals surface area contributed by atoms with Crippen LogP contribution in [0.1, 0.15) is 0 Å². The SMILES string of the molecule is O=C(CN1C(=O)COc2cccnc21)Nc1cc(Cl)ccn1. The van der Waals surface area contributed by atoms with Gasteiger partial charge in [0.05, 0.1) is 0 Å². The number of rotatable bonds is 3. The molecule has 0 aliphatic carbocycles. The summed E-state index contributed by atoms with van der Waals surface area (Å²) in [5.41, 5.74) is 0. The predicted molar refractivity (Wildman–Crippen MR) is 80.0 cm³/mol. The number of aromatic nitrogens is 2. The lowest BCUT2D eigenvalue weighted by molar-refractivity contribution is -0.123. The number of hydrogen-bond donors (Lipinski definition) is 1. The maximum atomic E-state index is 12.1. The summed E-state index contributed by atoms with van der Waals surface area (Å²) in [4.78, 5) is 33.4. The fourth-order valence-electron chi connectivity index (χ4n) is 2.00. The summed E-state index contributed by atoms with van der Waals surface area (Å²) in [6, 6.07) is 6.51. The topological polar surface area (TPSA) is 84.4 Å². The van der Waals surface area contributed by atoms with Gasteiger partial charge in [0.15, 0.2) is 18.2 Å². The highest BCUT2D eigenvalue weighted by Crippen LogP contribution is 2.28. The molecule has 1 aliphatic heterocycles. The molecule has 2 amide bonds. The molecule has 3 rings (SSSR count). The third-order valence-corrected chi connectivity index (χ3v) is 3.19. The zero-order valence-electron chi connectivity index (χ0n) is 11.3. The molecule has 0 saturated carbocycles. The van der Waals surface area contributed by atoms with Crippen molar-refractivity contribution in [3.8, 4) is 5.75 Å². The molecule has 0 radical (unpaired) electrons. The summed E-state index contributed by atoms with van der Waals surface area (Å²) in [6.45, 7) is -0.304. The van der Waals surface area contributed by atoms with Crippen LogP contribution in [0.15, 0.2) is 36.7 Å². The summed E-state index contributed by atoms with van der Waals surface area (Å²) in [5.74, 6) is 0.380. The van der Waals surface area contributed by atoms with Crippen LogP contribution in [-0.2, 0) is 9.59 Å². The summed E-state index contributed by atoms with van der Waals surface area (Å²) < 4.78 is 5.27. The smallest absolute Gasteiger partial charge is 0.266 e. The molecule has 0 spiro atoms. The number of ether oxygens (including phenoxy) is 1. The molecule has 0 atom stereocenters. The highest BCUT2D eigenvalue weighted by molar-refractivity contribution is 6.30. The summed E-state index contributed by atoms with van der Waals surface area (Å²) in [6.07, 6.45) is 3.01. The molecule has 1 N–H and O–H groups in total. The van der Waals surface area contributed by atoms with Crippen LogP contribution >= 0.6 is 11.6 Å². The van der Waals surface area contributed by atoms with Gasteiger partial charge in [0.25, 0.3) is 5.91 Å². The molecule has 2 aromatic heterocycles. The Morgan fingerprint density at radius 2 is 2.23 bits per heavy atom. The van der Waals surface area contributed by atoms with E-state index in [4.69, 9.17) is 16.3 Å². The monoisotopic (exact) mass is 318 g/mol. The van der Waals surface area contributed by atoms with Gasteiger partial charge in [0.1, 0.15) is 12.4 Å². The molecule has 8 heteroatoms. The van der Waals surface area contributed by atoms with Crippen LogP contribution in [0.2, 0.25) is 5.02 Å². The zero-order chi connectivity index (χ0) is 15.5. The molecule has 22 heavy (non-hydrogen) atoms. The quantitative estimate of drug-likeness (QED) is 0.927. The van der Waals surface area contributed by atoms with Crippen molar-refractivity contribution in [2.24, 2.45) is 0 Å². The molecule has 7 nitrogen and oxygen atoms in total. The molecule has 0 bridgehead atoms. The first-order chi connectivity index (χ1) is 10.6. The molecular formula is C14H11ClN4O3. The molecule has 0 unspecified atom stereocenters. The normalized spacial score (nSPS) is 13.3. The number of pyridine rings is 2. The van der Waals surface area contributed by atoms with Crippen LogP contribution < -0.4 is 15.0 Å². The second kappa shape index (κ2) is 5.98. The van der Waals surface area contributed by atoms with E-state index < -0.39 is 5.91 Å². The Morgan fingerprint density at radius 1 is 1.36 bits per heavy atom. The van der Waals surface area contributed by atoms with E-state index in [1.807, 2.05) is 0 Å². The molecule has 2 aromatic rings. The number of anilines is 2. The Bertz CT molecular complexity index is 738. The standard InChI is InChI=1S/C14H11ClN4O3/c15-9-3-5-16-11(6-9)18-12(20)7-19-13(21)8-22-10-2-1-4-17-14(10)19/h1-6H,7-8H2,(H,16,18,20). The Kier molecular flexibility index (Phi) is 3.88. The number of nitrogens with one attached hydrogen (secondary N) is 1. The highest BCUT2D eigenvalue weighted by Gasteiger charge is 2.28. The lowest BCUT2D eigenvalue weighted by Gasteiger charge is -2.27. The largest absolute Gasteiger partial charge is 0.480 e. The molecule has 1 aliphatic rings. The Hall–Kier alpha value is -2.67. The molecular weight excluding hydrogens is 308 g/mol. The van der Waals surface area contributed by atoms with E-state index in [-0.39, 0.29) is 19.1 Å². The third kappa shape index (κ3) is 2.99. The number of carbonyl (C=O) groups excluding carboxylic acids is 2. The number of carbonyl (C=O) groups is 2. The first kappa shape index (κ1) is 14.3. The van der Waals surface area contributed by atoms with E-state index in [2.05, 4.69) is 15.3 Å². The fraction of sp³-hybridized carbons (Fsp3) is 0.143. The van der Waals surface area contributed by atoms with E-state index in [1.165, 1.54) is 23.4 Å². The lowest BCUT2D eigenvalue weighted by Crippen LogP contribution is -2.44. The van der Waals surface area contributed by atoms with Crippen LogP contribution in [0, 0.1) is 0 Å². The van der Waals surface area contributed by atoms with E-state index >= 15 is 0 Å². The van der Waals surface area contributed by atoms with E-state index in [9.17, 15) is 9.59 Å². The van der Waals surface area contributed by atoms with E-state index in [1.54, 1.807) is 18.2 Å². The Balaban J connectivity index is 1.75. The maximum Gasteiger partial charge on any atom is 0.266 e. The summed E-state index contributed by atoms with van der Waals surface area (Å²) in [7, 11) is 0. The van der Waals surface area contributed by atoms with Crippen molar-refractivity contribution >= 4 is 35.1 Å². The van der Waals surface area contributed by atoms with Gasteiger partial charge in [-0.1, -0.05) is 11.6 Å². The molecule has 3 heterocycles. The first-order valence-corrected chi connectivity index (χ1v) is 6.81. The van der Waals surface area contributed by atoms with Crippen LogP contribution in [0.3, 0.4) is 0 Å². The molecule has 0 fully saturated rings. The zero-order valence-corrected chi connectivity index (χ0v) is 12.1. The maximum absolute atomic E-state index is 12.1. The van der Waals surface area contributed by atoms with Crippen LogP contribution in [0.5, 0.6) is 5.75 Å². The molecule has 112 valence electrons. The average Bonchev–Trinajstić information content (AvgIpc) is 2.50. The second-order valence-electron chi connectivity index (χ2n) is 4.50. The van der Waals surface area contributed by atoms with Gasteiger partial charge in [-0.3, -0.25) is 14.5 Å². The van der Waals surface area contributed by atoms with Crippen LogP contribution in [0.25, 0.3) is 0 Å². The van der Waals surface area contributed by atoms with Crippen molar-refractivity contribution in [1.82, 2.24) is 9.97 Å². The third-order valence-electron chi connectivity index (χ3n) is 2.95. The lowest BCUT2D eigenvalue weighted by atomic mass is 10.3. The number of amides is 2.